The minimum absolute atomic E-state index is 0.182. The summed E-state index contributed by atoms with van der Waals surface area (Å²) >= 11 is 0. The first-order chi connectivity index (χ1) is 10.7. The number of nitrogens with zero attached hydrogens (tertiary/aromatic N) is 2. The molecule has 23 heavy (non-hydrogen) atoms. The Kier molecular flexibility index (Phi) is 4.89. The molecular weight excluding hydrogens is 309 g/mol. The van der Waals surface area contributed by atoms with E-state index in [1.165, 1.54) is 36.7 Å². The third-order valence-electron chi connectivity index (χ3n) is 3.61. The molecule has 1 aromatic carbocycles. The van der Waals surface area contributed by atoms with E-state index in [1.54, 1.807) is 6.20 Å². The van der Waals surface area contributed by atoms with E-state index in [1.807, 2.05) is 13.8 Å². The number of halogens is 3. The van der Waals surface area contributed by atoms with Gasteiger partial charge in [0.2, 0.25) is 0 Å². The van der Waals surface area contributed by atoms with E-state index < -0.39 is 12.0 Å². The first-order valence-corrected chi connectivity index (χ1v) is 7.04. The molecule has 124 valence electrons. The molecule has 0 radical (unpaired) electrons. The summed E-state index contributed by atoms with van der Waals surface area (Å²) in [5.41, 5.74) is -0.181. The summed E-state index contributed by atoms with van der Waals surface area (Å²) in [4.78, 5) is 8.10. The number of aliphatic hydroxyl groups is 1. The fourth-order valence-corrected chi connectivity index (χ4v) is 2.28. The molecule has 1 unspecified atom stereocenters. The number of aromatic nitrogens is 2. The Labute approximate surface area is 132 Å². The van der Waals surface area contributed by atoms with Gasteiger partial charge in [-0.1, -0.05) is 26.0 Å². The van der Waals surface area contributed by atoms with Crippen LogP contribution >= 0.6 is 0 Å². The molecule has 1 heterocycles. The Hall–Kier alpha value is -2.15. The Morgan fingerprint density at radius 1 is 1.13 bits per heavy atom. The van der Waals surface area contributed by atoms with E-state index in [0.29, 0.717) is 11.3 Å². The minimum atomic E-state index is -4.74. The van der Waals surface area contributed by atoms with Gasteiger partial charge in [-0.3, -0.25) is 9.97 Å². The zero-order valence-corrected chi connectivity index (χ0v) is 12.7. The highest BCUT2D eigenvalue weighted by atomic mass is 19.4. The summed E-state index contributed by atoms with van der Waals surface area (Å²) in [7, 11) is 0. The largest absolute Gasteiger partial charge is 0.573 e. The van der Waals surface area contributed by atoms with Crippen molar-refractivity contribution < 1.29 is 23.0 Å². The van der Waals surface area contributed by atoms with Gasteiger partial charge in [-0.05, 0) is 23.6 Å². The lowest BCUT2D eigenvalue weighted by Crippen LogP contribution is -2.35. The lowest BCUT2D eigenvalue weighted by molar-refractivity contribution is -0.274. The highest BCUT2D eigenvalue weighted by Crippen LogP contribution is 2.34. The highest BCUT2D eigenvalue weighted by Gasteiger charge is 2.35. The van der Waals surface area contributed by atoms with Crippen LogP contribution in [0.1, 0.15) is 25.1 Å². The molecule has 4 nitrogen and oxygen atoms in total. The maximum Gasteiger partial charge on any atom is 0.573 e. The molecule has 2 rings (SSSR count). The summed E-state index contributed by atoms with van der Waals surface area (Å²) in [6.07, 6.45) is 0.0690. The molecule has 0 saturated heterocycles. The fraction of sp³-hybridized carbons (Fsp3) is 0.375. The molecule has 0 aliphatic carbocycles. The number of rotatable bonds is 5. The SMILES string of the molecule is CC(C)C(O)(Cc1cnccn1)c1ccc(OC(F)(F)F)cc1. The Morgan fingerprint density at radius 2 is 1.78 bits per heavy atom. The number of hydrogen-bond donors (Lipinski definition) is 1. The molecule has 1 N–H and O–H groups in total. The molecule has 0 fully saturated rings. The van der Waals surface area contributed by atoms with Crippen molar-refractivity contribution in [2.24, 2.45) is 5.92 Å². The van der Waals surface area contributed by atoms with Gasteiger partial charge >= 0.3 is 6.36 Å². The van der Waals surface area contributed by atoms with Crippen molar-refractivity contribution in [2.45, 2.75) is 32.2 Å². The maximum atomic E-state index is 12.2. The van der Waals surface area contributed by atoms with Gasteiger partial charge in [-0.2, -0.15) is 0 Å². The molecule has 1 aromatic heterocycles. The van der Waals surface area contributed by atoms with Crippen LogP contribution in [0, 0.1) is 5.92 Å². The molecule has 2 aromatic rings. The normalized spacial score (nSPS) is 14.6. The molecule has 0 aliphatic rings. The summed E-state index contributed by atoms with van der Waals surface area (Å²) in [6, 6.07) is 5.23. The zero-order chi connectivity index (χ0) is 17.1. The van der Waals surface area contributed by atoms with Crippen LogP contribution in [-0.2, 0) is 12.0 Å². The molecule has 0 aliphatic heterocycles. The first-order valence-electron chi connectivity index (χ1n) is 7.04. The lowest BCUT2D eigenvalue weighted by Gasteiger charge is -2.32. The second-order valence-corrected chi connectivity index (χ2v) is 5.52. The van der Waals surface area contributed by atoms with Crippen LogP contribution in [0.3, 0.4) is 0 Å². The molecule has 0 amide bonds. The average Bonchev–Trinajstić information content (AvgIpc) is 2.47. The van der Waals surface area contributed by atoms with E-state index in [4.69, 9.17) is 0 Å². The summed E-state index contributed by atoms with van der Waals surface area (Å²) in [5.74, 6) is -0.509. The van der Waals surface area contributed by atoms with Gasteiger partial charge in [0, 0.05) is 25.0 Å². The van der Waals surface area contributed by atoms with Crippen LogP contribution in [0.2, 0.25) is 0 Å². The van der Waals surface area contributed by atoms with Crippen LogP contribution in [0.4, 0.5) is 13.2 Å². The average molecular weight is 326 g/mol. The summed E-state index contributed by atoms with van der Waals surface area (Å²) in [5, 5.41) is 11.0. The van der Waals surface area contributed by atoms with Crippen LogP contribution in [0.5, 0.6) is 5.75 Å². The smallest absolute Gasteiger partial charge is 0.406 e. The minimum Gasteiger partial charge on any atom is -0.406 e. The van der Waals surface area contributed by atoms with Crippen molar-refractivity contribution in [1.29, 1.82) is 0 Å². The monoisotopic (exact) mass is 326 g/mol. The summed E-state index contributed by atoms with van der Waals surface area (Å²) in [6.45, 7) is 3.66. The van der Waals surface area contributed by atoms with Crippen LogP contribution in [-0.4, -0.2) is 21.4 Å². The second kappa shape index (κ2) is 6.54. The molecular formula is C16H17F3N2O2. The second-order valence-electron chi connectivity index (χ2n) is 5.52. The van der Waals surface area contributed by atoms with Crippen LogP contribution < -0.4 is 4.74 Å². The predicted molar refractivity (Wildman–Crippen MR) is 77.6 cm³/mol. The number of hydrogen-bond acceptors (Lipinski definition) is 4. The quantitative estimate of drug-likeness (QED) is 0.914. The van der Waals surface area contributed by atoms with E-state index in [2.05, 4.69) is 14.7 Å². The Balaban J connectivity index is 2.27. The predicted octanol–water partition coefficient (Wildman–Crippen LogP) is 3.46. The zero-order valence-electron chi connectivity index (χ0n) is 12.7. The maximum absolute atomic E-state index is 12.2. The van der Waals surface area contributed by atoms with Crippen LogP contribution in [0.25, 0.3) is 0 Å². The van der Waals surface area contributed by atoms with Gasteiger partial charge in [0.25, 0.3) is 0 Å². The third kappa shape index (κ3) is 4.41. The third-order valence-corrected chi connectivity index (χ3v) is 3.61. The van der Waals surface area contributed by atoms with E-state index in [-0.39, 0.29) is 18.1 Å². The van der Waals surface area contributed by atoms with Gasteiger partial charge in [-0.25, -0.2) is 0 Å². The van der Waals surface area contributed by atoms with Gasteiger partial charge in [0.1, 0.15) is 5.75 Å². The molecule has 0 bridgehead atoms. The van der Waals surface area contributed by atoms with E-state index in [9.17, 15) is 18.3 Å². The fourth-order valence-electron chi connectivity index (χ4n) is 2.28. The van der Waals surface area contributed by atoms with Gasteiger partial charge in [-0.15, -0.1) is 13.2 Å². The van der Waals surface area contributed by atoms with Gasteiger partial charge < -0.3 is 9.84 Å². The van der Waals surface area contributed by atoms with Crippen LogP contribution in [0.15, 0.2) is 42.9 Å². The highest BCUT2D eigenvalue weighted by molar-refractivity contribution is 5.32. The molecule has 0 saturated carbocycles. The number of benzene rings is 1. The van der Waals surface area contributed by atoms with Gasteiger partial charge in [0.05, 0.1) is 11.3 Å². The van der Waals surface area contributed by atoms with Crippen molar-refractivity contribution in [3.05, 3.63) is 54.1 Å². The number of ether oxygens (including phenoxy) is 1. The van der Waals surface area contributed by atoms with Crippen molar-refractivity contribution in [3.63, 3.8) is 0 Å². The van der Waals surface area contributed by atoms with Crippen molar-refractivity contribution >= 4 is 0 Å². The Bertz CT molecular complexity index is 630. The molecule has 1 atom stereocenters. The first kappa shape index (κ1) is 17.2. The molecule has 0 spiro atoms. The van der Waals surface area contributed by atoms with Crippen molar-refractivity contribution in [2.75, 3.05) is 0 Å². The topological polar surface area (TPSA) is 55.2 Å². The lowest BCUT2D eigenvalue weighted by atomic mass is 9.80. The van der Waals surface area contributed by atoms with Crippen molar-refractivity contribution in [1.82, 2.24) is 9.97 Å². The summed E-state index contributed by atoms with van der Waals surface area (Å²) < 4.78 is 40.5. The number of alkyl halides is 3. The van der Waals surface area contributed by atoms with E-state index >= 15 is 0 Å². The Morgan fingerprint density at radius 3 is 2.26 bits per heavy atom. The molecule has 7 heteroatoms. The van der Waals surface area contributed by atoms with E-state index in [0.717, 1.165) is 0 Å². The standard InChI is InChI=1S/C16H17F3N2O2/c1-11(2)15(22,9-13-10-20-7-8-21-13)12-3-5-14(6-4-12)23-16(17,18)19/h3-8,10-11,22H,9H2,1-2H3. The van der Waals surface area contributed by atoms with Gasteiger partial charge in [0.15, 0.2) is 0 Å². The van der Waals surface area contributed by atoms with Crippen molar-refractivity contribution in [3.8, 4) is 5.75 Å².